The maximum atomic E-state index is 2.54. The van der Waals surface area contributed by atoms with Crippen molar-refractivity contribution in [2.24, 2.45) is 11.8 Å². The first-order chi connectivity index (χ1) is 6.77. The normalized spacial score (nSPS) is 24.5. The van der Waals surface area contributed by atoms with Crippen LogP contribution in [0.1, 0.15) is 65.7 Å². The molecule has 0 bridgehead atoms. The van der Waals surface area contributed by atoms with E-state index in [0.29, 0.717) is 0 Å². The molecule has 1 aliphatic carbocycles. The van der Waals surface area contributed by atoms with Crippen molar-refractivity contribution in [3.63, 3.8) is 0 Å². The van der Waals surface area contributed by atoms with Crippen LogP contribution in [0.2, 0.25) is 0 Å². The minimum Gasteiger partial charge on any atom is -0.0848 e. The van der Waals surface area contributed by atoms with E-state index in [1.807, 2.05) is 0 Å². The molecule has 82 valence electrons. The van der Waals surface area contributed by atoms with Crippen molar-refractivity contribution < 1.29 is 0 Å². The SMILES string of the molecule is CCCCC(CC)C1=CC[C@@H](C)CC1. The molecular weight excluding hydrogens is 168 g/mol. The fourth-order valence-corrected chi connectivity index (χ4v) is 2.46. The molecule has 0 saturated heterocycles. The Balaban J connectivity index is 2.43. The summed E-state index contributed by atoms with van der Waals surface area (Å²) in [7, 11) is 0. The molecule has 0 aromatic heterocycles. The Morgan fingerprint density at radius 3 is 2.71 bits per heavy atom. The zero-order valence-electron chi connectivity index (χ0n) is 10.2. The van der Waals surface area contributed by atoms with Crippen molar-refractivity contribution in [1.29, 1.82) is 0 Å². The second kappa shape index (κ2) is 6.27. The van der Waals surface area contributed by atoms with E-state index in [1.54, 1.807) is 5.57 Å². The van der Waals surface area contributed by atoms with E-state index in [0.717, 1.165) is 11.8 Å². The first-order valence-electron chi connectivity index (χ1n) is 6.46. The summed E-state index contributed by atoms with van der Waals surface area (Å²) in [5.41, 5.74) is 1.78. The van der Waals surface area contributed by atoms with E-state index in [2.05, 4.69) is 26.8 Å². The van der Waals surface area contributed by atoms with Gasteiger partial charge in [0.1, 0.15) is 0 Å². The van der Waals surface area contributed by atoms with E-state index < -0.39 is 0 Å². The van der Waals surface area contributed by atoms with Crippen molar-refractivity contribution in [3.05, 3.63) is 11.6 Å². The third kappa shape index (κ3) is 3.48. The molecule has 14 heavy (non-hydrogen) atoms. The van der Waals surface area contributed by atoms with Crippen molar-refractivity contribution in [2.45, 2.75) is 65.7 Å². The largest absolute Gasteiger partial charge is 0.0848 e. The zero-order chi connectivity index (χ0) is 10.4. The summed E-state index contributed by atoms with van der Waals surface area (Å²) >= 11 is 0. The number of hydrogen-bond donors (Lipinski definition) is 0. The second-order valence-corrected chi connectivity index (χ2v) is 4.91. The van der Waals surface area contributed by atoms with E-state index in [-0.39, 0.29) is 0 Å². The van der Waals surface area contributed by atoms with Crippen LogP contribution in [-0.4, -0.2) is 0 Å². The van der Waals surface area contributed by atoms with Crippen LogP contribution in [0, 0.1) is 11.8 Å². The van der Waals surface area contributed by atoms with Gasteiger partial charge in [-0.05, 0) is 43.9 Å². The van der Waals surface area contributed by atoms with Gasteiger partial charge in [0.15, 0.2) is 0 Å². The predicted octanol–water partition coefficient (Wildman–Crippen LogP) is 4.95. The third-order valence-corrected chi connectivity index (χ3v) is 3.63. The molecule has 1 aliphatic rings. The highest BCUT2D eigenvalue weighted by atomic mass is 14.2. The lowest BCUT2D eigenvalue weighted by atomic mass is 9.81. The Labute approximate surface area is 89.8 Å². The van der Waals surface area contributed by atoms with Gasteiger partial charge < -0.3 is 0 Å². The average Bonchev–Trinajstić information content (AvgIpc) is 2.21. The standard InChI is InChI=1S/C14H26/c1-4-6-7-13(5-2)14-10-8-12(3)9-11-14/h10,12-13H,4-9,11H2,1-3H3/t12-,13?/m1/s1. The molecular formula is C14H26. The second-order valence-electron chi connectivity index (χ2n) is 4.91. The summed E-state index contributed by atoms with van der Waals surface area (Å²) in [6.07, 6.45) is 12.2. The Bertz CT molecular complexity index is 178. The van der Waals surface area contributed by atoms with Crippen LogP contribution in [0.15, 0.2) is 11.6 Å². The number of allylic oxidation sites excluding steroid dienone is 2. The summed E-state index contributed by atoms with van der Waals surface area (Å²) in [5, 5.41) is 0. The van der Waals surface area contributed by atoms with E-state index in [4.69, 9.17) is 0 Å². The molecule has 2 atom stereocenters. The zero-order valence-corrected chi connectivity index (χ0v) is 10.2. The lowest BCUT2D eigenvalue weighted by Gasteiger charge is -2.24. The Kier molecular flexibility index (Phi) is 5.29. The van der Waals surface area contributed by atoms with Crippen LogP contribution in [0.5, 0.6) is 0 Å². The molecule has 1 unspecified atom stereocenters. The molecule has 0 heterocycles. The highest BCUT2D eigenvalue weighted by molar-refractivity contribution is 5.10. The minimum absolute atomic E-state index is 0.905. The minimum atomic E-state index is 0.905. The number of rotatable bonds is 5. The Morgan fingerprint density at radius 2 is 2.21 bits per heavy atom. The van der Waals surface area contributed by atoms with Gasteiger partial charge in [-0.1, -0.05) is 45.3 Å². The van der Waals surface area contributed by atoms with Gasteiger partial charge in [-0.15, -0.1) is 0 Å². The Morgan fingerprint density at radius 1 is 1.43 bits per heavy atom. The molecule has 0 N–H and O–H groups in total. The van der Waals surface area contributed by atoms with Gasteiger partial charge in [0, 0.05) is 0 Å². The van der Waals surface area contributed by atoms with Gasteiger partial charge in [0.25, 0.3) is 0 Å². The maximum Gasteiger partial charge on any atom is -0.0206 e. The average molecular weight is 194 g/mol. The molecule has 0 spiro atoms. The smallest absolute Gasteiger partial charge is 0.0206 e. The highest BCUT2D eigenvalue weighted by Gasteiger charge is 2.16. The van der Waals surface area contributed by atoms with E-state index in [9.17, 15) is 0 Å². The van der Waals surface area contributed by atoms with Gasteiger partial charge >= 0.3 is 0 Å². The molecule has 0 radical (unpaired) electrons. The lowest BCUT2D eigenvalue weighted by molar-refractivity contribution is 0.441. The van der Waals surface area contributed by atoms with E-state index in [1.165, 1.54) is 44.9 Å². The lowest BCUT2D eigenvalue weighted by Crippen LogP contribution is -2.09. The fourth-order valence-electron chi connectivity index (χ4n) is 2.46. The van der Waals surface area contributed by atoms with Crippen LogP contribution in [0.25, 0.3) is 0 Å². The third-order valence-electron chi connectivity index (χ3n) is 3.63. The van der Waals surface area contributed by atoms with Crippen LogP contribution in [0.4, 0.5) is 0 Å². The van der Waals surface area contributed by atoms with Crippen LogP contribution >= 0.6 is 0 Å². The molecule has 0 fully saturated rings. The van der Waals surface area contributed by atoms with Crippen LogP contribution in [-0.2, 0) is 0 Å². The van der Waals surface area contributed by atoms with Gasteiger partial charge in [0.2, 0.25) is 0 Å². The van der Waals surface area contributed by atoms with Crippen molar-refractivity contribution in [2.75, 3.05) is 0 Å². The number of unbranched alkanes of at least 4 members (excludes halogenated alkanes) is 1. The maximum absolute atomic E-state index is 2.54. The van der Waals surface area contributed by atoms with Crippen molar-refractivity contribution in [3.8, 4) is 0 Å². The molecule has 0 aromatic rings. The molecule has 0 heteroatoms. The fraction of sp³-hybridized carbons (Fsp3) is 0.857. The molecule has 0 aliphatic heterocycles. The summed E-state index contributed by atoms with van der Waals surface area (Å²) < 4.78 is 0. The first kappa shape index (κ1) is 11.8. The van der Waals surface area contributed by atoms with Crippen LogP contribution < -0.4 is 0 Å². The van der Waals surface area contributed by atoms with E-state index >= 15 is 0 Å². The van der Waals surface area contributed by atoms with Gasteiger partial charge in [-0.2, -0.15) is 0 Å². The van der Waals surface area contributed by atoms with Crippen molar-refractivity contribution in [1.82, 2.24) is 0 Å². The first-order valence-corrected chi connectivity index (χ1v) is 6.46. The topological polar surface area (TPSA) is 0 Å². The molecule has 0 nitrogen and oxygen atoms in total. The van der Waals surface area contributed by atoms with Crippen molar-refractivity contribution >= 4 is 0 Å². The number of hydrogen-bond acceptors (Lipinski definition) is 0. The van der Waals surface area contributed by atoms with Gasteiger partial charge in [-0.25, -0.2) is 0 Å². The molecule has 1 rings (SSSR count). The summed E-state index contributed by atoms with van der Waals surface area (Å²) in [4.78, 5) is 0. The van der Waals surface area contributed by atoms with Gasteiger partial charge in [0.05, 0.1) is 0 Å². The summed E-state index contributed by atoms with van der Waals surface area (Å²) in [5.74, 6) is 1.84. The van der Waals surface area contributed by atoms with Crippen LogP contribution in [0.3, 0.4) is 0 Å². The van der Waals surface area contributed by atoms with Gasteiger partial charge in [-0.3, -0.25) is 0 Å². The predicted molar refractivity (Wildman–Crippen MR) is 64.4 cm³/mol. The molecule has 0 saturated carbocycles. The Hall–Kier alpha value is -0.260. The monoisotopic (exact) mass is 194 g/mol. The summed E-state index contributed by atoms with van der Waals surface area (Å²) in [6.45, 7) is 7.02. The molecule has 0 amide bonds. The highest BCUT2D eigenvalue weighted by Crippen LogP contribution is 2.31. The quantitative estimate of drug-likeness (QED) is 0.543. The molecule has 0 aromatic carbocycles. The summed E-state index contributed by atoms with van der Waals surface area (Å²) in [6, 6.07) is 0.